The fourth-order valence-electron chi connectivity index (χ4n) is 4.11. The zero-order valence-electron chi connectivity index (χ0n) is 14.1. The van der Waals surface area contributed by atoms with Crippen LogP contribution in [0.5, 0.6) is 0 Å². The molecule has 0 aromatic carbocycles. The molecule has 1 aromatic heterocycles. The molecule has 2 aliphatic rings. The summed E-state index contributed by atoms with van der Waals surface area (Å²) in [5.74, 6) is 1.83. The molecule has 3 unspecified atom stereocenters. The van der Waals surface area contributed by atoms with Gasteiger partial charge in [-0.2, -0.15) is 0 Å². The fraction of sp³-hybridized carbons (Fsp3) is 0.824. The summed E-state index contributed by atoms with van der Waals surface area (Å²) in [6.07, 6.45) is 3.95. The molecule has 2 fully saturated rings. The number of piperazine rings is 1. The number of aromatic nitrogens is 1. The molecule has 21 heavy (non-hydrogen) atoms. The number of hydrogen-bond donors (Lipinski definition) is 1. The lowest BCUT2D eigenvalue weighted by Crippen LogP contribution is -2.64. The highest BCUT2D eigenvalue weighted by Gasteiger charge is 2.47. The first-order chi connectivity index (χ1) is 9.96. The Kier molecular flexibility index (Phi) is 3.87. The number of rotatable bonds is 4. The zero-order chi connectivity index (χ0) is 15.2. The van der Waals surface area contributed by atoms with Crippen LogP contribution in [0.15, 0.2) is 4.52 Å². The van der Waals surface area contributed by atoms with E-state index in [1.165, 1.54) is 24.8 Å². The lowest BCUT2D eigenvalue weighted by molar-refractivity contribution is 0.0412. The van der Waals surface area contributed by atoms with Crippen LogP contribution >= 0.6 is 0 Å². The third kappa shape index (κ3) is 2.64. The lowest BCUT2D eigenvalue weighted by Gasteiger charge is -2.49. The van der Waals surface area contributed by atoms with Crippen molar-refractivity contribution < 1.29 is 4.52 Å². The van der Waals surface area contributed by atoms with Crippen LogP contribution in [-0.2, 0) is 0 Å². The molecule has 4 nitrogen and oxygen atoms in total. The minimum Gasteiger partial charge on any atom is -0.361 e. The molecule has 0 bridgehead atoms. The van der Waals surface area contributed by atoms with E-state index in [2.05, 4.69) is 43.1 Å². The van der Waals surface area contributed by atoms with E-state index in [9.17, 15) is 0 Å². The highest BCUT2D eigenvalue weighted by molar-refractivity contribution is 5.25. The average Bonchev–Trinajstić information content (AvgIpc) is 3.26. The average molecular weight is 291 g/mol. The van der Waals surface area contributed by atoms with Crippen molar-refractivity contribution in [2.45, 2.75) is 71.5 Å². The predicted octanol–water partition coefficient (Wildman–Crippen LogP) is 3.20. The molecule has 4 heteroatoms. The van der Waals surface area contributed by atoms with Gasteiger partial charge in [-0.1, -0.05) is 12.1 Å². The number of nitrogens with one attached hydrogen (secondary N) is 1. The summed E-state index contributed by atoms with van der Waals surface area (Å²) in [4.78, 5) is 2.68. The molecule has 1 aliphatic carbocycles. The van der Waals surface area contributed by atoms with E-state index in [1.807, 2.05) is 6.92 Å². The van der Waals surface area contributed by atoms with E-state index in [-0.39, 0.29) is 5.54 Å². The van der Waals surface area contributed by atoms with Gasteiger partial charge in [-0.25, -0.2) is 0 Å². The van der Waals surface area contributed by atoms with Gasteiger partial charge >= 0.3 is 0 Å². The normalized spacial score (nSPS) is 32.3. The van der Waals surface area contributed by atoms with Crippen LogP contribution in [0.2, 0.25) is 0 Å². The van der Waals surface area contributed by atoms with E-state index in [0.29, 0.717) is 12.1 Å². The van der Waals surface area contributed by atoms with Crippen LogP contribution in [0, 0.1) is 19.8 Å². The van der Waals surface area contributed by atoms with Crippen LogP contribution in [0.25, 0.3) is 0 Å². The van der Waals surface area contributed by atoms with Crippen LogP contribution in [0.3, 0.4) is 0 Å². The SMILES string of the molecule is CCC1CNC(C)(C2CC2)CN1C(C)c1c(C)noc1C. The second-order valence-corrected chi connectivity index (χ2v) is 7.22. The molecule has 1 saturated heterocycles. The van der Waals surface area contributed by atoms with E-state index < -0.39 is 0 Å². The molecular weight excluding hydrogens is 262 g/mol. The van der Waals surface area contributed by atoms with Crippen molar-refractivity contribution in [3.05, 3.63) is 17.0 Å². The molecule has 0 amide bonds. The minimum absolute atomic E-state index is 0.277. The molecule has 1 aliphatic heterocycles. The second kappa shape index (κ2) is 5.40. The maximum Gasteiger partial charge on any atom is 0.138 e. The Morgan fingerprint density at radius 1 is 1.43 bits per heavy atom. The van der Waals surface area contributed by atoms with Crippen molar-refractivity contribution in [1.29, 1.82) is 0 Å². The summed E-state index contributed by atoms with van der Waals surface area (Å²) in [5.41, 5.74) is 2.61. The Balaban J connectivity index is 1.85. The summed E-state index contributed by atoms with van der Waals surface area (Å²) in [6, 6.07) is 0.974. The van der Waals surface area contributed by atoms with Gasteiger partial charge in [-0.05, 0) is 52.9 Å². The Hall–Kier alpha value is -0.870. The molecule has 2 heterocycles. The zero-order valence-corrected chi connectivity index (χ0v) is 14.1. The third-order valence-electron chi connectivity index (χ3n) is 5.68. The molecular formula is C17H29N3O. The van der Waals surface area contributed by atoms with Crippen molar-refractivity contribution in [1.82, 2.24) is 15.4 Å². The van der Waals surface area contributed by atoms with Crippen LogP contribution in [0.4, 0.5) is 0 Å². The van der Waals surface area contributed by atoms with Crippen LogP contribution in [-0.4, -0.2) is 34.7 Å². The first-order valence-corrected chi connectivity index (χ1v) is 8.39. The molecule has 1 N–H and O–H groups in total. The topological polar surface area (TPSA) is 41.3 Å². The van der Waals surface area contributed by atoms with Gasteiger partial charge in [0.1, 0.15) is 5.76 Å². The van der Waals surface area contributed by atoms with E-state index in [4.69, 9.17) is 4.52 Å². The van der Waals surface area contributed by atoms with Crippen LogP contribution < -0.4 is 5.32 Å². The maximum atomic E-state index is 5.40. The summed E-state index contributed by atoms with van der Waals surface area (Å²) < 4.78 is 5.40. The molecule has 1 aromatic rings. The number of aryl methyl sites for hydroxylation is 2. The van der Waals surface area contributed by atoms with Crippen LogP contribution in [0.1, 0.15) is 63.1 Å². The van der Waals surface area contributed by atoms with Gasteiger partial charge in [0.25, 0.3) is 0 Å². The van der Waals surface area contributed by atoms with Crippen molar-refractivity contribution in [2.75, 3.05) is 13.1 Å². The first kappa shape index (κ1) is 15.0. The van der Waals surface area contributed by atoms with Gasteiger partial charge in [-0.3, -0.25) is 4.90 Å². The van der Waals surface area contributed by atoms with Gasteiger partial charge < -0.3 is 9.84 Å². The number of nitrogens with zero attached hydrogens (tertiary/aromatic N) is 2. The van der Waals surface area contributed by atoms with E-state index in [0.717, 1.165) is 30.5 Å². The highest BCUT2D eigenvalue weighted by atomic mass is 16.5. The summed E-state index contributed by atoms with van der Waals surface area (Å²) in [7, 11) is 0. The van der Waals surface area contributed by atoms with Crippen molar-refractivity contribution >= 4 is 0 Å². The standard InChI is InChI=1S/C17H29N3O/c1-6-15-9-18-17(5,14-7-8-14)10-20(15)12(3)16-11(2)19-21-13(16)4/h12,14-15,18H,6-10H2,1-5H3. The first-order valence-electron chi connectivity index (χ1n) is 8.39. The minimum atomic E-state index is 0.277. The quantitative estimate of drug-likeness (QED) is 0.925. The van der Waals surface area contributed by atoms with Crippen molar-refractivity contribution in [3.63, 3.8) is 0 Å². The molecule has 3 rings (SSSR count). The van der Waals surface area contributed by atoms with E-state index in [1.54, 1.807) is 0 Å². The molecule has 118 valence electrons. The lowest BCUT2D eigenvalue weighted by atomic mass is 9.88. The third-order valence-corrected chi connectivity index (χ3v) is 5.68. The Morgan fingerprint density at radius 3 is 2.67 bits per heavy atom. The monoisotopic (exact) mass is 291 g/mol. The van der Waals surface area contributed by atoms with Gasteiger partial charge in [0.2, 0.25) is 0 Å². The van der Waals surface area contributed by atoms with Gasteiger partial charge in [-0.15, -0.1) is 0 Å². The highest BCUT2D eigenvalue weighted by Crippen LogP contribution is 2.43. The fourth-order valence-corrected chi connectivity index (χ4v) is 4.11. The van der Waals surface area contributed by atoms with E-state index >= 15 is 0 Å². The largest absolute Gasteiger partial charge is 0.361 e. The molecule has 0 radical (unpaired) electrons. The molecule has 0 spiro atoms. The predicted molar refractivity (Wildman–Crippen MR) is 84.3 cm³/mol. The maximum absolute atomic E-state index is 5.40. The second-order valence-electron chi connectivity index (χ2n) is 7.22. The van der Waals surface area contributed by atoms with Gasteiger partial charge in [0.05, 0.1) is 5.69 Å². The number of hydrogen-bond acceptors (Lipinski definition) is 4. The van der Waals surface area contributed by atoms with Crippen molar-refractivity contribution in [2.24, 2.45) is 5.92 Å². The summed E-state index contributed by atoms with van der Waals surface area (Å²) in [6.45, 7) is 13.3. The Morgan fingerprint density at radius 2 is 2.14 bits per heavy atom. The van der Waals surface area contributed by atoms with Gasteiger partial charge in [0.15, 0.2) is 0 Å². The molecule has 1 saturated carbocycles. The smallest absolute Gasteiger partial charge is 0.138 e. The molecule has 3 atom stereocenters. The Bertz CT molecular complexity index is 489. The van der Waals surface area contributed by atoms with Gasteiger partial charge in [0, 0.05) is 36.3 Å². The Labute approximate surface area is 128 Å². The summed E-state index contributed by atoms with van der Waals surface area (Å²) >= 11 is 0. The van der Waals surface area contributed by atoms with Crippen molar-refractivity contribution in [3.8, 4) is 0 Å². The summed E-state index contributed by atoms with van der Waals surface area (Å²) in [5, 5.41) is 7.99.